The maximum Gasteiger partial charge on any atom is 0.251 e. The lowest BCUT2D eigenvalue weighted by molar-refractivity contribution is -0.0000180. The zero-order valence-electron chi connectivity index (χ0n) is 23.6. The highest BCUT2D eigenvalue weighted by Gasteiger charge is 2.44. The number of carbonyl (C=O) groups is 1. The van der Waals surface area contributed by atoms with E-state index in [-0.39, 0.29) is 34.4 Å². The fourth-order valence-electron chi connectivity index (χ4n) is 5.39. The number of unbranched alkanes of at least 4 members (excludes halogenated alkanes) is 7. The number of phenols is 2. The van der Waals surface area contributed by atoms with Crippen molar-refractivity contribution in [3.63, 3.8) is 0 Å². The van der Waals surface area contributed by atoms with E-state index in [1.54, 1.807) is 0 Å². The van der Waals surface area contributed by atoms with Gasteiger partial charge in [0.2, 0.25) is 0 Å². The molecule has 4 rings (SSSR count). The van der Waals surface area contributed by atoms with Crippen LogP contribution in [0.3, 0.4) is 0 Å². The summed E-state index contributed by atoms with van der Waals surface area (Å²) in [5.41, 5.74) is 0.355. The third-order valence-corrected chi connectivity index (χ3v) is 12.1. The van der Waals surface area contributed by atoms with Crippen molar-refractivity contribution in [3.8, 4) is 11.5 Å². The molecule has 0 fully saturated rings. The Morgan fingerprint density at radius 1 is 0.561 bits per heavy atom. The standard InChI is InChI=1S/C35H40NO3P.BrH/c37-33-25-24-29(28-34(33)38)35(39)36-26-16-5-3-1-2-4-6-17-27-40(30-18-10-7-11-19-30,31-20-12-8-13-21-31)32-22-14-9-15-23-32;/h7-15,18-25,28H,1-6,16-17,26-27H2,(H2-,36,37,38,39);1H. The van der Waals surface area contributed by atoms with E-state index in [2.05, 4.69) is 96.3 Å². The summed E-state index contributed by atoms with van der Waals surface area (Å²) in [7, 11) is -1.72. The average Bonchev–Trinajstić information content (AvgIpc) is 3.00. The second kappa shape index (κ2) is 17.0. The number of carbonyl (C=O) groups excluding carboxylic acids is 1. The maximum absolute atomic E-state index is 12.2. The number of amides is 1. The van der Waals surface area contributed by atoms with Crippen LogP contribution in [0.1, 0.15) is 61.7 Å². The summed E-state index contributed by atoms with van der Waals surface area (Å²) >= 11 is 0. The maximum atomic E-state index is 12.2. The molecule has 0 aliphatic heterocycles. The van der Waals surface area contributed by atoms with Gasteiger partial charge in [0, 0.05) is 12.1 Å². The summed E-state index contributed by atoms with van der Waals surface area (Å²) in [4.78, 5) is 12.2. The number of rotatable bonds is 15. The minimum atomic E-state index is -1.72. The van der Waals surface area contributed by atoms with Crippen LogP contribution in [0.2, 0.25) is 0 Å². The van der Waals surface area contributed by atoms with Crippen LogP contribution in [0, 0.1) is 0 Å². The van der Waals surface area contributed by atoms with E-state index in [9.17, 15) is 15.0 Å². The molecule has 0 aliphatic carbocycles. The summed E-state index contributed by atoms with van der Waals surface area (Å²) in [6, 6.07) is 37.5. The Kier molecular flexibility index (Phi) is 13.4. The van der Waals surface area contributed by atoms with Crippen LogP contribution in [-0.2, 0) is 0 Å². The molecule has 0 atom stereocenters. The first-order chi connectivity index (χ1) is 19.6. The van der Waals surface area contributed by atoms with Gasteiger partial charge in [0.25, 0.3) is 5.91 Å². The van der Waals surface area contributed by atoms with Gasteiger partial charge in [-0.05, 0) is 73.9 Å². The molecule has 0 aliphatic rings. The van der Waals surface area contributed by atoms with Gasteiger partial charge in [-0.2, -0.15) is 0 Å². The molecular formula is C35H41BrNO3P. The van der Waals surface area contributed by atoms with Crippen LogP contribution in [0.25, 0.3) is 0 Å². The van der Waals surface area contributed by atoms with Crippen LogP contribution in [0.15, 0.2) is 109 Å². The van der Waals surface area contributed by atoms with Gasteiger partial charge >= 0.3 is 0 Å². The molecule has 0 unspecified atom stereocenters. The first kappa shape index (κ1) is 32.4. The summed E-state index contributed by atoms with van der Waals surface area (Å²) in [5, 5.41) is 26.2. The molecule has 4 aromatic carbocycles. The van der Waals surface area contributed by atoms with Gasteiger partial charge < -0.3 is 32.5 Å². The highest BCUT2D eigenvalue weighted by Crippen LogP contribution is 2.56. The highest BCUT2D eigenvalue weighted by atomic mass is 79.9. The molecule has 0 bridgehead atoms. The number of aromatic hydroxyl groups is 2. The molecule has 3 N–H and O–H groups in total. The number of nitrogens with one attached hydrogen (secondary N) is 1. The molecule has 4 aromatic rings. The van der Waals surface area contributed by atoms with E-state index in [1.807, 2.05) is 0 Å². The lowest BCUT2D eigenvalue weighted by Crippen LogP contribution is -3.00. The first-order valence-corrected chi connectivity index (χ1v) is 16.4. The molecule has 0 spiro atoms. The van der Waals surface area contributed by atoms with E-state index >= 15 is 0 Å². The van der Waals surface area contributed by atoms with Gasteiger partial charge in [-0.25, -0.2) is 0 Å². The van der Waals surface area contributed by atoms with E-state index < -0.39 is 7.26 Å². The lowest BCUT2D eigenvalue weighted by Gasteiger charge is -2.27. The summed E-state index contributed by atoms with van der Waals surface area (Å²) in [5.74, 6) is -0.725. The summed E-state index contributed by atoms with van der Waals surface area (Å²) in [6.07, 6.45) is 10.5. The van der Waals surface area contributed by atoms with Gasteiger partial charge in [0.15, 0.2) is 11.5 Å². The smallest absolute Gasteiger partial charge is 0.251 e. The van der Waals surface area contributed by atoms with E-state index in [0.717, 1.165) is 12.8 Å². The second-order valence-corrected chi connectivity index (χ2v) is 13.9. The summed E-state index contributed by atoms with van der Waals surface area (Å²) < 4.78 is 0. The van der Waals surface area contributed by atoms with Crippen LogP contribution < -0.4 is 38.2 Å². The Morgan fingerprint density at radius 2 is 1.00 bits per heavy atom. The Balaban J connectivity index is 0.00000462. The van der Waals surface area contributed by atoms with Crippen molar-refractivity contribution in [2.45, 2.75) is 51.4 Å². The number of benzene rings is 4. The topological polar surface area (TPSA) is 69.6 Å². The molecule has 41 heavy (non-hydrogen) atoms. The van der Waals surface area contributed by atoms with Gasteiger partial charge in [-0.3, -0.25) is 4.79 Å². The van der Waals surface area contributed by atoms with E-state index in [0.29, 0.717) is 12.1 Å². The number of hydrogen-bond acceptors (Lipinski definition) is 3. The molecule has 0 saturated carbocycles. The minimum absolute atomic E-state index is 0. The molecular weight excluding hydrogens is 593 g/mol. The van der Waals surface area contributed by atoms with Crippen LogP contribution >= 0.6 is 7.26 Å². The van der Waals surface area contributed by atoms with E-state index in [4.69, 9.17) is 0 Å². The molecule has 6 heteroatoms. The van der Waals surface area contributed by atoms with Crippen molar-refractivity contribution in [2.24, 2.45) is 0 Å². The first-order valence-electron chi connectivity index (χ1n) is 14.5. The van der Waals surface area contributed by atoms with Gasteiger partial charge in [0.05, 0.1) is 6.16 Å². The van der Waals surface area contributed by atoms with Crippen molar-refractivity contribution >= 4 is 29.1 Å². The van der Waals surface area contributed by atoms with Crippen LogP contribution in [0.4, 0.5) is 0 Å². The quantitative estimate of drug-likeness (QED) is 0.106. The number of hydrogen-bond donors (Lipinski definition) is 3. The highest BCUT2D eigenvalue weighted by molar-refractivity contribution is 7.95. The van der Waals surface area contributed by atoms with Crippen molar-refractivity contribution < 1.29 is 32.0 Å². The molecule has 0 aromatic heterocycles. The van der Waals surface area contributed by atoms with Gasteiger partial charge in [-0.15, -0.1) is 0 Å². The Bertz CT molecular complexity index is 1220. The zero-order chi connectivity index (χ0) is 28.0. The average molecular weight is 635 g/mol. The van der Waals surface area contributed by atoms with Gasteiger partial charge in [-0.1, -0.05) is 86.7 Å². The predicted octanol–water partition coefficient (Wildman–Crippen LogP) is 3.95. The normalized spacial score (nSPS) is 11.0. The minimum Gasteiger partial charge on any atom is -1.00 e. The van der Waals surface area contributed by atoms with Crippen molar-refractivity contribution in [2.75, 3.05) is 12.7 Å². The van der Waals surface area contributed by atoms with Crippen molar-refractivity contribution in [3.05, 3.63) is 115 Å². The monoisotopic (exact) mass is 633 g/mol. The fourth-order valence-corrected chi connectivity index (χ4v) is 9.80. The predicted molar refractivity (Wildman–Crippen MR) is 169 cm³/mol. The fraction of sp³-hybridized carbons (Fsp3) is 0.286. The molecule has 0 heterocycles. The molecule has 0 radical (unpaired) electrons. The zero-order valence-corrected chi connectivity index (χ0v) is 26.1. The molecule has 4 nitrogen and oxygen atoms in total. The molecule has 1 amide bonds. The van der Waals surface area contributed by atoms with E-state index in [1.165, 1.54) is 78.8 Å². The third-order valence-electron chi connectivity index (χ3n) is 7.53. The second-order valence-electron chi connectivity index (χ2n) is 10.3. The van der Waals surface area contributed by atoms with Gasteiger partial charge in [0.1, 0.15) is 23.2 Å². The number of phenolic OH excluding ortho intramolecular Hbond substituents is 2. The van der Waals surface area contributed by atoms with Crippen molar-refractivity contribution in [1.29, 1.82) is 0 Å². The van der Waals surface area contributed by atoms with Crippen LogP contribution in [-0.4, -0.2) is 28.8 Å². The summed E-state index contributed by atoms with van der Waals surface area (Å²) in [6.45, 7) is 0.616. The molecule has 216 valence electrons. The molecule has 0 saturated heterocycles. The Labute approximate surface area is 256 Å². The van der Waals surface area contributed by atoms with Crippen molar-refractivity contribution in [1.82, 2.24) is 5.32 Å². The Hall–Kier alpha value is -3.14. The lowest BCUT2D eigenvalue weighted by atomic mass is 10.1. The SMILES string of the molecule is O=C(NCCCCCCCCCC[P+](c1ccccc1)(c1ccccc1)c1ccccc1)c1ccc(O)c(O)c1.[Br-]. The van der Waals surface area contributed by atoms with Crippen LogP contribution in [0.5, 0.6) is 11.5 Å². The number of halogens is 1. The largest absolute Gasteiger partial charge is 1.00 e. The Morgan fingerprint density at radius 3 is 1.46 bits per heavy atom. The third kappa shape index (κ3) is 8.92.